The first-order chi connectivity index (χ1) is 25.7. The van der Waals surface area contributed by atoms with Crippen LogP contribution in [-0.4, -0.2) is 24.6 Å². The fourth-order valence-corrected chi connectivity index (χ4v) is 13.9. The van der Waals surface area contributed by atoms with Gasteiger partial charge >= 0.3 is 0 Å². The van der Waals surface area contributed by atoms with Crippen LogP contribution in [0.25, 0.3) is 0 Å². The molecule has 0 aliphatic rings. The van der Waals surface area contributed by atoms with Crippen LogP contribution in [0.1, 0.15) is 304 Å². The molecular formula is C51H106P+. The van der Waals surface area contributed by atoms with Crippen LogP contribution in [0.5, 0.6) is 0 Å². The fourth-order valence-electron chi connectivity index (χ4n) is 8.94. The van der Waals surface area contributed by atoms with Crippen molar-refractivity contribution in [3.63, 3.8) is 0 Å². The van der Waals surface area contributed by atoms with Gasteiger partial charge in [0.2, 0.25) is 0 Å². The Morgan fingerprint density at radius 1 is 0.154 bits per heavy atom. The summed E-state index contributed by atoms with van der Waals surface area (Å²) in [5.74, 6) is 0. The molecule has 1 heteroatoms. The van der Waals surface area contributed by atoms with Gasteiger partial charge in [0, 0.05) is 7.26 Å². The zero-order chi connectivity index (χ0) is 37.7. The lowest BCUT2D eigenvalue weighted by atomic mass is 10.1. The van der Waals surface area contributed by atoms with Crippen molar-refractivity contribution in [2.75, 3.05) is 24.6 Å². The number of rotatable bonds is 47. The average molecular weight is 750 g/mol. The molecule has 314 valence electrons. The molecule has 0 rings (SSSR count). The van der Waals surface area contributed by atoms with Gasteiger partial charge in [0.25, 0.3) is 0 Å². The lowest BCUT2D eigenvalue weighted by Crippen LogP contribution is -2.13. The van der Waals surface area contributed by atoms with Gasteiger partial charge in [-0.25, -0.2) is 0 Å². The maximum atomic E-state index is 2.34. The maximum Gasteiger partial charge on any atom is 0.0594 e. The molecule has 0 aliphatic heterocycles. The van der Waals surface area contributed by atoms with E-state index >= 15 is 0 Å². The van der Waals surface area contributed by atoms with Crippen molar-refractivity contribution in [2.24, 2.45) is 0 Å². The van der Waals surface area contributed by atoms with Crippen LogP contribution in [0, 0.1) is 0 Å². The number of unbranched alkanes of at least 4 members (excludes halogenated alkanes) is 39. The van der Waals surface area contributed by atoms with Gasteiger partial charge < -0.3 is 0 Å². The molecule has 0 bridgehead atoms. The monoisotopic (exact) mass is 750 g/mol. The molecule has 0 nitrogen and oxygen atoms in total. The molecule has 0 spiro atoms. The van der Waals surface area contributed by atoms with E-state index in [4.69, 9.17) is 0 Å². The SMILES string of the molecule is CCCCCCCCCCCCC[P+](CCCCCCCCCCCC)(CCCCCCCCCCCCC)CCCCCCCCCCCCC. The molecule has 0 aromatic carbocycles. The summed E-state index contributed by atoms with van der Waals surface area (Å²) < 4.78 is 0. The largest absolute Gasteiger partial charge is 0.0654 e. The molecule has 0 fully saturated rings. The quantitative estimate of drug-likeness (QED) is 0.0429. The Labute approximate surface area is 334 Å². The van der Waals surface area contributed by atoms with Gasteiger partial charge in [-0.3, -0.25) is 0 Å². The van der Waals surface area contributed by atoms with Crippen LogP contribution in [0.15, 0.2) is 0 Å². The highest BCUT2D eigenvalue weighted by Crippen LogP contribution is 2.61. The summed E-state index contributed by atoms with van der Waals surface area (Å²) >= 11 is 0. The highest BCUT2D eigenvalue weighted by Gasteiger charge is 2.35. The van der Waals surface area contributed by atoms with Crippen molar-refractivity contribution in [2.45, 2.75) is 304 Å². The fraction of sp³-hybridized carbons (Fsp3) is 1.00. The average Bonchev–Trinajstić information content (AvgIpc) is 3.15. The first kappa shape index (κ1) is 52.4. The Morgan fingerprint density at radius 2 is 0.269 bits per heavy atom. The van der Waals surface area contributed by atoms with Gasteiger partial charge in [-0.15, -0.1) is 0 Å². The summed E-state index contributed by atoms with van der Waals surface area (Å²) in [6, 6.07) is 0. The highest BCUT2D eigenvalue weighted by atomic mass is 31.2. The van der Waals surface area contributed by atoms with Gasteiger partial charge in [-0.1, -0.05) is 252 Å². The molecule has 0 unspecified atom stereocenters. The van der Waals surface area contributed by atoms with Crippen molar-refractivity contribution >= 4 is 7.26 Å². The second-order valence-corrected chi connectivity index (χ2v) is 22.5. The molecule has 0 saturated heterocycles. The summed E-state index contributed by atoms with van der Waals surface area (Å²) in [6.07, 6.45) is 70.8. The Kier molecular flexibility index (Phi) is 46.2. The maximum absolute atomic E-state index is 2.34. The van der Waals surface area contributed by atoms with Gasteiger partial charge in [-0.2, -0.15) is 0 Å². The predicted octanol–water partition coefficient (Wildman–Crippen LogP) is 19.9. The molecule has 0 aromatic rings. The minimum atomic E-state index is -0.802. The van der Waals surface area contributed by atoms with Crippen molar-refractivity contribution in [3.05, 3.63) is 0 Å². The third-order valence-electron chi connectivity index (χ3n) is 12.7. The summed E-state index contributed by atoms with van der Waals surface area (Å²) in [6.45, 7) is 9.35. The third-order valence-corrected chi connectivity index (χ3v) is 17.8. The lowest BCUT2D eigenvalue weighted by Gasteiger charge is -2.28. The van der Waals surface area contributed by atoms with E-state index < -0.39 is 7.26 Å². The first-order valence-electron chi connectivity index (χ1n) is 25.6. The molecule has 0 heterocycles. The normalized spacial score (nSPS) is 12.0. The van der Waals surface area contributed by atoms with Crippen LogP contribution in [-0.2, 0) is 0 Å². The van der Waals surface area contributed by atoms with Crippen LogP contribution >= 0.6 is 7.26 Å². The Balaban J connectivity index is 4.88. The van der Waals surface area contributed by atoms with Gasteiger partial charge in [0.05, 0.1) is 24.6 Å². The van der Waals surface area contributed by atoms with E-state index in [1.807, 2.05) is 0 Å². The highest BCUT2D eigenvalue weighted by molar-refractivity contribution is 7.75. The Hall–Kier alpha value is 0.430. The first-order valence-corrected chi connectivity index (χ1v) is 28.1. The van der Waals surface area contributed by atoms with Crippen molar-refractivity contribution in [1.29, 1.82) is 0 Å². The summed E-state index contributed by atoms with van der Waals surface area (Å²) in [5, 5.41) is 0. The van der Waals surface area contributed by atoms with Crippen LogP contribution in [0.4, 0.5) is 0 Å². The minimum absolute atomic E-state index is 0.802. The summed E-state index contributed by atoms with van der Waals surface area (Å²) in [4.78, 5) is 0. The number of hydrogen-bond acceptors (Lipinski definition) is 0. The predicted molar refractivity (Wildman–Crippen MR) is 248 cm³/mol. The zero-order valence-corrected chi connectivity index (χ0v) is 38.6. The zero-order valence-electron chi connectivity index (χ0n) is 37.7. The van der Waals surface area contributed by atoms with Crippen molar-refractivity contribution in [3.8, 4) is 0 Å². The van der Waals surface area contributed by atoms with Gasteiger partial charge in [0.15, 0.2) is 0 Å². The van der Waals surface area contributed by atoms with E-state index in [-0.39, 0.29) is 0 Å². The minimum Gasteiger partial charge on any atom is -0.0654 e. The van der Waals surface area contributed by atoms with E-state index in [2.05, 4.69) is 27.7 Å². The Bertz CT molecular complexity index is 548. The summed E-state index contributed by atoms with van der Waals surface area (Å²) in [5.41, 5.74) is 0. The third kappa shape index (κ3) is 40.1. The van der Waals surface area contributed by atoms with Gasteiger partial charge in [-0.05, 0) is 51.4 Å². The molecule has 0 saturated carbocycles. The second kappa shape index (κ2) is 45.8. The van der Waals surface area contributed by atoms with Crippen LogP contribution in [0.2, 0.25) is 0 Å². The molecule has 0 amide bonds. The molecule has 0 atom stereocenters. The topological polar surface area (TPSA) is 0 Å². The second-order valence-electron chi connectivity index (χ2n) is 18.0. The van der Waals surface area contributed by atoms with Gasteiger partial charge in [0.1, 0.15) is 0 Å². The molecule has 0 aliphatic carbocycles. The van der Waals surface area contributed by atoms with Crippen LogP contribution < -0.4 is 0 Å². The van der Waals surface area contributed by atoms with E-state index in [1.54, 1.807) is 50.3 Å². The van der Waals surface area contributed by atoms with Crippen molar-refractivity contribution in [1.82, 2.24) is 0 Å². The molecule has 0 N–H and O–H groups in total. The van der Waals surface area contributed by atoms with Crippen LogP contribution in [0.3, 0.4) is 0 Å². The van der Waals surface area contributed by atoms with E-state index in [1.165, 1.54) is 250 Å². The smallest absolute Gasteiger partial charge is 0.0594 e. The molecular weight excluding hydrogens is 644 g/mol. The van der Waals surface area contributed by atoms with E-state index in [9.17, 15) is 0 Å². The lowest BCUT2D eigenvalue weighted by molar-refractivity contribution is 0.551. The molecule has 52 heavy (non-hydrogen) atoms. The van der Waals surface area contributed by atoms with Crippen molar-refractivity contribution < 1.29 is 0 Å². The Morgan fingerprint density at radius 3 is 0.404 bits per heavy atom. The van der Waals surface area contributed by atoms with E-state index in [0.717, 1.165) is 0 Å². The standard InChI is InChI=1S/C51H106P/c1-5-9-13-17-21-25-29-33-37-41-45-49-52(48-44-40-36-32-28-24-20-16-12-8-4,50-46-42-38-34-30-26-22-18-14-10-6-2)51-47-43-39-35-31-27-23-19-15-11-7-3/h5-51H2,1-4H3/q+1. The molecule has 0 radical (unpaired) electrons. The molecule has 0 aromatic heterocycles. The van der Waals surface area contributed by atoms with E-state index in [0.29, 0.717) is 0 Å². The number of hydrogen-bond donors (Lipinski definition) is 0. The summed E-state index contributed by atoms with van der Waals surface area (Å²) in [7, 11) is -0.802.